The molecule has 2 N–H and O–H groups in total. The predicted molar refractivity (Wildman–Crippen MR) is 73.6 cm³/mol. The SMILES string of the molecule is C[C@H]1CCC[NH+](CCC(=O)Nc2ccc(F)cc2)C1. The van der Waals surface area contributed by atoms with Gasteiger partial charge in [0.2, 0.25) is 5.91 Å². The van der Waals surface area contributed by atoms with Crippen LogP contribution in [0.15, 0.2) is 24.3 Å². The van der Waals surface area contributed by atoms with Crippen LogP contribution in [0.3, 0.4) is 0 Å². The largest absolute Gasteiger partial charge is 0.334 e. The zero-order valence-electron chi connectivity index (χ0n) is 11.4. The van der Waals surface area contributed by atoms with Gasteiger partial charge in [0, 0.05) is 11.6 Å². The lowest BCUT2D eigenvalue weighted by Gasteiger charge is -2.27. The van der Waals surface area contributed by atoms with Crippen molar-refractivity contribution in [1.29, 1.82) is 0 Å². The molecule has 1 fully saturated rings. The number of anilines is 1. The fourth-order valence-corrected chi connectivity index (χ4v) is 2.67. The number of nitrogens with one attached hydrogen (secondary N) is 2. The lowest BCUT2D eigenvalue weighted by molar-refractivity contribution is -0.907. The maximum absolute atomic E-state index is 12.7. The van der Waals surface area contributed by atoms with Crippen molar-refractivity contribution < 1.29 is 14.1 Å². The van der Waals surface area contributed by atoms with Crippen molar-refractivity contribution in [3.05, 3.63) is 30.1 Å². The molecular weight excluding hydrogens is 243 g/mol. The molecule has 2 atom stereocenters. The highest BCUT2D eigenvalue weighted by atomic mass is 19.1. The van der Waals surface area contributed by atoms with Crippen LogP contribution in [0.2, 0.25) is 0 Å². The highest BCUT2D eigenvalue weighted by Gasteiger charge is 2.20. The number of halogens is 1. The Labute approximate surface area is 113 Å². The quantitative estimate of drug-likeness (QED) is 0.849. The minimum Gasteiger partial charge on any atom is -0.334 e. The Balaban J connectivity index is 1.73. The predicted octanol–water partition coefficient (Wildman–Crippen LogP) is 1.47. The molecule has 0 radical (unpaired) electrons. The van der Waals surface area contributed by atoms with E-state index in [-0.39, 0.29) is 11.7 Å². The molecule has 4 heteroatoms. The molecule has 0 aliphatic carbocycles. The van der Waals surface area contributed by atoms with Crippen molar-refractivity contribution in [2.24, 2.45) is 5.92 Å². The number of likely N-dealkylation sites (tertiary alicyclic amines) is 1. The number of hydrogen-bond acceptors (Lipinski definition) is 1. The lowest BCUT2D eigenvalue weighted by atomic mass is 10.0. The number of hydrogen-bond donors (Lipinski definition) is 2. The van der Waals surface area contributed by atoms with Crippen LogP contribution in [0, 0.1) is 11.7 Å². The molecule has 1 unspecified atom stereocenters. The van der Waals surface area contributed by atoms with E-state index >= 15 is 0 Å². The second kappa shape index (κ2) is 6.66. The second-order valence-electron chi connectivity index (χ2n) is 5.51. The van der Waals surface area contributed by atoms with Crippen LogP contribution in [-0.2, 0) is 4.79 Å². The number of quaternary nitrogens is 1. The van der Waals surface area contributed by atoms with E-state index in [1.54, 1.807) is 12.1 Å². The summed E-state index contributed by atoms with van der Waals surface area (Å²) >= 11 is 0. The van der Waals surface area contributed by atoms with E-state index in [9.17, 15) is 9.18 Å². The van der Waals surface area contributed by atoms with E-state index in [1.165, 1.54) is 43.0 Å². The van der Waals surface area contributed by atoms with E-state index < -0.39 is 0 Å². The molecule has 1 aromatic carbocycles. The molecule has 0 aromatic heterocycles. The zero-order chi connectivity index (χ0) is 13.7. The van der Waals surface area contributed by atoms with Crippen molar-refractivity contribution in [1.82, 2.24) is 0 Å². The number of piperidine rings is 1. The van der Waals surface area contributed by atoms with Gasteiger partial charge in [-0.1, -0.05) is 6.92 Å². The van der Waals surface area contributed by atoms with Crippen LogP contribution >= 0.6 is 0 Å². The minimum atomic E-state index is -0.287. The Kier molecular flexibility index (Phi) is 4.91. The van der Waals surface area contributed by atoms with Crippen LogP contribution in [0.4, 0.5) is 10.1 Å². The third-order valence-corrected chi connectivity index (χ3v) is 3.70. The Bertz CT molecular complexity index is 419. The van der Waals surface area contributed by atoms with Crippen molar-refractivity contribution in [3.8, 4) is 0 Å². The average Bonchev–Trinajstić information content (AvgIpc) is 2.39. The number of rotatable bonds is 4. The van der Waals surface area contributed by atoms with Gasteiger partial charge < -0.3 is 10.2 Å². The summed E-state index contributed by atoms with van der Waals surface area (Å²) in [5.74, 6) is 0.492. The molecule has 1 aliphatic heterocycles. The Morgan fingerprint density at radius 3 is 2.84 bits per heavy atom. The summed E-state index contributed by atoms with van der Waals surface area (Å²) in [6.45, 7) is 5.51. The summed E-state index contributed by atoms with van der Waals surface area (Å²) in [6.07, 6.45) is 3.10. The highest BCUT2D eigenvalue weighted by Crippen LogP contribution is 2.08. The van der Waals surface area contributed by atoms with Gasteiger partial charge in [0.05, 0.1) is 26.1 Å². The summed E-state index contributed by atoms with van der Waals surface area (Å²) in [4.78, 5) is 13.3. The third kappa shape index (κ3) is 4.63. The third-order valence-electron chi connectivity index (χ3n) is 3.70. The number of carbonyl (C=O) groups is 1. The molecular formula is C15H22FN2O+. The van der Waals surface area contributed by atoms with Crippen LogP contribution < -0.4 is 10.2 Å². The van der Waals surface area contributed by atoms with Gasteiger partial charge in [-0.15, -0.1) is 0 Å². The van der Waals surface area contributed by atoms with E-state index in [1.807, 2.05) is 0 Å². The average molecular weight is 265 g/mol. The highest BCUT2D eigenvalue weighted by molar-refractivity contribution is 5.90. The summed E-state index contributed by atoms with van der Waals surface area (Å²) in [7, 11) is 0. The molecule has 0 bridgehead atoms. The smallest absolute Gasteiger partial charge is 0.230 e. The van der Waals surface area contributed by atoms with Gasteiger partial charge in [-0.05, 0) is 37.1 Å². The van der Waals surface area contributed by atoms with Gasteiger partial charge in [0.25, 0.3) is 0 Å². The van der Waals surface area contributed by atoms with Crippen molar-refractivity contribution >= 4 is 11.6 Å². The van der Waals surface area contributed by atoms with Gasteiger partial charge in [-0.25, -0.2) is 4.39 Å². The summed E-state index contributed by atoms with van der Waals surface area (Å²) < 4.78 is 12.7. The second-order valence-corrected chi connectivity index (χ2v) is 5.51. The molecule has 1 amide bonds. The molecule has 2 rings (SSSR count). The van der Waals surface area contributed by atoms with Crippen molar-refractivity contribution in [2.75, 3.05) is 25.0 Å². The van der Waals surface area contributed by atoms with Crippen LogP contribution in [0.1, 0.15) is 26.2 Å². The molecule has 1 saturated heterocycles. The summed E-state index contributed by atoms with van der Waals surface area (Å²) in [5, 5.41) is 2.80. The zero-order valence-corrected chi connectivity index (χ0v) is 11.4. The lowest BCUT2D eigenvalue weighted by Crippen LogP contribution is -3.13. The number of benzene rings is 1. The standard InChI is InChI=1S/C15H21FN2O/c1-12-3-2-9-18(11-12)10-8-15(19)17-14-6-4-13(16)5-7-14/h4-7,12H,2-3,8-11H2,1H3,(H,17,19)/p+1/t12-/m0/s1. The number of amides is 1. The fraction of sp³-hybridized carbons (Fsp3) is 0.533. The maximum Gasteiger partial charge on any atom is 0.230 e. The first-order chi connectivity index (χ1) is 9.13. The van der Waals surface area contributed by atoms with Crippen LogP contribution in [0.25, 0.3) is 0 Å². The summed E-state index contributed by atoms with van der Waals surface area (Å²) in [6, 6.07) is 5.88. The first-order valence-electron chi connectivity index (χ1n) is 7.02. The van der Waals surface area contributed by atoms with E-state index in [2.05, 4.69) is 12.2 Å². The van der Waals surface area contributed by atoms with Gasteiger partial charge >= 0.3 is 0 Å². The molecule has 0 spiro atoms. The number of carbonyl (C=O) groups excluding carboxylic acids is 1. The molecule has 0 saturated carbocycles. The first kappa shape index (κ1) is 14.0. The van der Waals surface area contributed by atoms with E-state index in [0.717, 1.165) is 12.5 Å². The molecule has 19 heavy (non-hydrogen) atoms. The van der Waals surface area contributed by atoms with Gasteiger partial charge in [-0.2, -0.15) is 0 Å². The molecule has 104 valence electrons. The topological polar surface area (TPSA) is 33.5 Å². The van der Waals surface area contributed by atoms with Gasteiger partial charge in [-0.3, -0.25) is 4.79 Å². The Morgan fingerprint density at radius 2 is 2.16 bits per heavy atom. The van der Waals surface area contributed by atoms with Gasteiger partial charge in [0.15, 0.2) is 0 Å². The summed E-state index contributed by atoms with van der Waals surface area (Å²) in [5.41, 5.74) is 0.661. The van der Waals surface area contributed by atoms with Crippen molar-refractivity contribution in [3.63, 3.8) is 0 Å². The van der Waals surface area contributed by atoms with Crippen LogP contribution in [-0.4, -0.2) is 25.5 Å². The van der Waals surface area contributed by atoms with E-state index in [4.69, 9.17) is 0 Å². The molecule has 1 aliphatic rings. The Morgan fingerprint density at radius 1 is 1.42 bits per heavy atom. The molecule has 1 aromatic rings. The maximum atomic E-state index is 12.7. The monoisotopic (exact) mass is 265 g/mol. The minimum absolute atomic E-state index is 0.0114. The normalized spacial score (nSPS) is 23.1. The Hall–Kier alpha value is -1.42. The first-order valence-corrected chi connectivity index (χ1v) is 7.02. The fourth-order valence-electron chi connectivity index (χ4n) is 2.67. The van der Waals surface area contributed by atoms with Crippen LogP contribution in [0.5, 0.6) is 0 Å². The van der Waals surface area contributed by atoms with E-state index in [0.29, 0.717) is 12.1 Å². The molecule has 1 heterocycles. The van der Waals surface area contributed by atoms with Gasteiger partial charge in [0.1, 0.15) is 5.82 Å². The molecule has 3 nitrogen and oxygen atoms in total. The van der Waals surface area contributed by atoms with Crippen molar-refractivity contribution in [2.45, 2.75) is 26.2 Å².